The van der Waals surface area contributed by atoms with Crippen LogP contribution >= 0.6 is 0 Å². The Labute approximate surface area is 151 Å². The molecule has 6 nitrogen and oxygen atoms in total. The van der Waals surface area contributed by atoms with Crippen LogP contribution in [0.1, 0.15) is 31.3 Å². The van der Waals surface area contributed by atoms with Crippen LogP contribution in [0.25, 0.3) is 11.0 Å². The molecule has 0 spiro atoms. The Balaban J connectivity index is 1.89. The van der Waals surface area contributed by atoms with E-state index in [1.807, 2.05) is 57.2 Å². The van der Waals surface area contributed by atoms with Crippen molar-refractivity contribution in [2.24, 2.45) is 11.8 Å². The van der Waals surface area contributed by atoms with Gasteiger partial charge in [0.1, 0.15) is 0 Å². The van der Waals surface area contributed by atoms with Crippen molar-refractivity contribution in [3.8, 4) is 0 Å². The third kappa shape index (κ3) is 2.49. The Hall–Kier alpha value is -3.02. The number of fused-ring (bicyclic) bond motifs is 1. The number of Topliss-reactive ketones (excluding diaryl/α,β-unsaturated/α-hetero) is 1. The van der Waals surface area contributed by atoms with Gasteiger partial charge in [-0.05, 0) is 43.2 Å². The number of carbonyl (C=O) groups excluding carboxylic acids is 2. The number of aryl methyl sites for hydroxylation is 1. The second kappa shape index (κ2) is 6.05. The fraction of sp³-hybridized carbons (Fsp3) is 0.300. The van der Waals surface area contributed by atoms with Crippen LogP contribution in [0.4, 0.5) is 5.69 Å². The summed E-state index contributed by atoms with van der Waals surface area (Å²) in [5.74, 6) is -1.22. The highest BCUT2D eigenvalue weighted by molar-refractivity contribution is 6.45. The van der Waals surface area contributed by atoms with Gasteiger partial charge >= 0.3 is 0 Å². The van der Waals surface area contributed by atoms with Crippen molar-refractivity contribution in [1.29, 1.82) is 0 Å². The maximum atomic E-state index is 12.9. The van der Waals surface area contributed by atoms with E-state index in [1.165, 1.54) is 0 Å². The molecule has 6 heteroatoms. The maximum absolute atomic E-state index is 12.9. The van der Waals surface area contributed by atoms with Gasteiger partial charge in [-0.25, -0.2) is 4.98 Å². The molecule has 1 N–H and O–H groups in total. The molecule has 2 atom stereocenters. The number of aromatic nitrogens is 3. The number of pyridine rings is 1. The molecule has 1 aliphatic heterocycles. The highest BCUT2D eigenvalue weighted by Gasteiger charge is 2.50. The van der Waals surface area contributed by atoms with Crippen molar-refractivity contribution in [3.05, 3.63) is 54.1 Å². The van der Waals surface area contributed by atoms with Gasteiger partial charge in [0.2, 0.25) is 5.78 Å². The summed E-state index contributed by atoms with van der Waals surface area (Å²) in [6.45, 7) is 5.86. The zero-order valence-corrected chi connectivity index (χ0v) is 14.9. The van der Waals surface area contributed by atoms with Gasteiger partial charge in [0.15, 0.2) is 0 Å². The van der Waals surface area contributed by atoms with Gasteiger partial charge < -0.3 is 4.98 Å². The van der Waals surface area contributed by atoms with Gasteiger partial charge in [-0.1, -0.05) is 19.9 Å². The molecule has 3 aromatic rings. The molecule has 0 saturated carbocycles. The third-order valence-electron chi connectivity index (χ3n) is 4.96. The first kappa shape index (κ1) is 16.4. The molecule has 1 amide bonds. The predicted octanol–water partition coefficient (Wildman–Crippen LogP) is 3.20. The van der Waals surface area contributed by atoms with E-state index >= 15 is 0 Å². The summed E-state index contributed by atoms with van der Waals surface area (Å²) in [7, 11) is 0. The number of benzene rings is 1. The topological polar surface area (TPSA) is 79.0 Å². The number of aromatic amines is 1. The zero-order valence-electron chi connectivity index (χ0n) is 14.9. The largest absolute Gasteiger partial charge is 0.345 e. The van der Waals surface area contributed by atoms with E-state index in [-0.39, 0.29) is 11.7 Å². The minimum absolute atomic E-state index is 0.0275. The first-order chi connectivity index (χ1) is 12.5. The number of hydrogen-bond acceptors (Lipinski definition) is 4. The lowest BCUT2D eigenvalue weighted by Gasteiger charge is -2.28. The van der Waals surface area contributed by atoms with Gasteiger partial charge in [-0.15, -0.1) is 0 Å². The standard InChI is InChI=1S/C20H20N4O2/c1-11(2)17-18(15-6-4-5-12(3)23-15)24(20(26)19(17)25)13-7-8-14-16(9-13)22-10-21-14/h4-11,17-18H,1-3H3,(H,21,22). The van der Waals surface area contributed by atoms with E-state index in [0.717, 1.165) is 22.4 Å². The van der Waals surface area contributed by atoms with Crippen LogP contribution in [0.5, 0.6) is 0 Å². The number of H-pyrrole nitrogens is 1. The smallest absolute Gasteiger partial charge is 0.295 e. The van der Waals surface area contributed by atoms with Gasteiger partial charge in [0.25, 0.3) is 5.91 Å². The molecular weight excluding hydrogens is 328 g/mol. The lowest BCUT2D eigenvalue weighted by Crippen LogP contribution is -2.30. The lowest BCUT2D eigenvalue weighted by molar-refractivity contribution is -0.136. The predicted molar refractivity (Wildman–Crippen MR) is 98.6 cm³/mol. The molecule has 2 unspecified atom stereocenters. The summed E-state index contributed by atoms with van der Waals surface area (Å²) < 4.78 is 0. The molecule has 0 radical (unpaired) electrons. The van der Waals surface area contributed by atoms with Crippen molar-refractivity contribution >= 4 is 28.4 Å². The average molecular weight is 348 g/mol. The molecular formula is C20H20N4O2. The van der Waals surface area contributed by atoms with Crippen LogP contribution in [0.15, 0.2) is 42.7 Å². The van der Waals surface area contributed by atoms with E-state index < -0.39 is 17.9 Å². The number of carbonyl (C=O) groups is 2. The first-order valence-electron chi connectivity index (χ1n) is 8.71. The van der Waals surface area contributed by atoms with Gasteiger partial charge in [0, 0.05) is 11.4 Å². The van der Waals surface area contributed by atoms with Crippen molar-refractivity contribution in [2.45, 2.75) is 26.8 Å². The normalized spacial score (nSPS) is 20.5. The average Bonchev–Trinajstić information content (AvgIpc) is 3.17. The summed E-state index contributed by atoms with van der Waals surface area (Å²) in [6.07, 6.45) is 1.61. The van der Waals surface area contributed by atoms with E-state index in [9.17, 15) is 9.59 Å². The van der Waals surface area contributed by atoms with Crippen molar-refractivity contribution in [3.63, 3.8) is 0 Å². The van der Waals surface area contributed by atoms with Crippen LogP contribution in [-0.4, -0.2) is 26.6 Å². The number of nitrogens with one attached hydrogen (secondary N) is 1. The summed E-state index contributed by atoms with van der Waals surface area (Å²) in [4.78, 5) is 39.1. The summed E-state index contributed by atoms with van der Waals surface area (Å²) in [5.41, 5.74) is 3.92. The summed E-state index contributed by atoms with van der Waals surface area (Å²) in [5, 5.41) is 0. The van der Waals surface area contributed by atoms with Gasteiger partial charge in [-0.2, -0.15) is 0 Å². The van der Waals surface area contributed by atoms with E-state index in [1.54, 1.807) is 11.2 Å². The second-order valence-corrected chi connectivity index (χ2v) is 7.06. The van der Waals surface area contributed by atoms with E-state index in [0.29, 0.717) is 5.69 Å². The number of amides is 1. The first-order valence-corrected chi connectivity index (χ1v) is 8.71. The fourth-order valence-corrected chi connectivity index (χ4v) is 3.76. The van der Waals surface area contributed by atoms with Gasteiger partial charge in [-0.3, -0.25) is 19.5 Å². The molecule has 4 rings (SSSR count). The lowest BCUT2D eigenvalue weighted by atomic mass is 9.86. The molecule has 2 aromatic heterocycles. The molecule has 3 heterocycles. The molecule has 0 aliphatic carbocycles. The number of imidazole rings is 1. The monoisotopic (exact) mass is 348 g/mol. The second-order valence-electron chi connectivity index (χ2n) is 7.06. The quantitative estimate of drug-likeness (QED) is 0.737. The number of hydrogen-bond donors (Lipinski definition) is 1. The number of anilines is 1. The fourth-order valence-electron chi connectivity index (χ4n) is 3.76. The van der Waals surface area contributed by atoms with E-state index in [4.69, 9.17) is 0 Å². The highest BCUT2D eigenvalue weighted by atomic mass is 16.2. The summed E-state index contributed by atoms with van der Waals surface area (Å²) in [6, 6.07) is 10.9. The Bertz CT molecular complexity index is 1010. The Morgan fingerprint density at radius 1 is 1.15 bits per heavy atom. The van der Waals surface area contributed by atoms with Crippen LogP contribution in [0.3, 0.4) is 0 Å². The molecule has 26 heavy (non-hydrogen) atoms. The van der Waals surface area contributed by atoms with E-state index in [2.05, 4.69) is 15.0 Å². The molecule has 1 saturated heterocycles. The Morgan fingerprint density at radius 2 is 1.96 bits per heavy atom. The van der Waals surface area contributed by atoms with Crippen LogP contribution in [0, 0.1) is 18.8 Å². The Kier molecular flexibility index (Phi) is 3.83. The number of nitrogens with zero attached hydrogens (tertiary/aromatic N) is 3. The van der Waals surface area contributed by atoms with Crippen molar-refractivity contribution in [1.82, 2.24) is 15.0 Å². The SMILES string of the molecule is Cc1cccc(C2C(C(C)C)C(=O)C(=O)N2c2ccc3nc[nH]c3c2)n1. The molecule has 1 fully saturated rings. The minimum atomic E-state index is -0.476. The maximum Gasteiger partial charge on any atom is 0.295 e. The molecule has 132 valence electrons. The van der Waals surface area contributed by atoms with Gasteiger partial charge in [0.05, 0.1) is 35.0 Å². The van der Waals surface area contributed by atoms with Crippen LogP contribution in [-0.2, 0) is 9.59 Å². The number of ketones is 1. The minimum Gasteiger partial charge on any atom is -0.345 e. The summed E-state index contributed by atoms with van der Waals surface area (Å²) >= 11 is 0. The number of rotatable bonds is 3. The third-order valence-corrected chi connectivity index (χ3v) is 4.96. The molecule has 1 aromatic carbocycles. The van der Waals surface area contributed by atoms with Crippen molar-refractivity contribution in [2.75, 3.05) is 4.90 Å². The van der Waals surface area contributed by atoms with Crippen LogP contribution < -0.4 is 4.90 Å². The highest BCUT2D eigenvalue weighted by Crippen LogP contribution is 2.42. The Morgan fingerprint density at radius 3 is 2.69 bits per heavy atom. The molecule has 1 aliphatic rings. The molecule has 0 bridgehead atoms. The van der Waals surface area contributed by atoms with Crippen molar-refractivity contribution < 1.29 is 9.59 Å². The zero-order chi connectivity index (χ0) is 18.4. The van der Waals surface area contributed by atoms with Crippen LogP contribution in [0.2, 0.25) is 0 Å².